The Bertz CT molecular complexity index is 168. The summed E-state index contributed by atoms with van der Waals surface area (Å²) in [6, 6.07) is 0. The Morgan fingerprint density at radius 3 is 2.57 bits per heavy atom. The van der Waals surface area contributed by atoms with Crippen molar-refractivity contribution in [3.63, 3.8) is 0 Å². The van der Waals surface area contributed by atoms with Gasteiger partial charge in [-0.2, -0.15) is 0 Å². The van der Waals surface area contributed by atoms with Crippen LogP contribution in [0.1, 0.15) is 46.5 Å². The molecular weight excluding hydrogens is 238 g/mol. The number of halogens is 1. The Morgan fingerprint density at radius 2 is 2.07 bits per heavy atom. The van der Waals surface area contributed by atoms with Gasteiger partial charge in [0.1, 0.15) is 0 Å². The highest BCUT2D eigenvalue weighted by Crippen LogP contribution is 2.28. The van der Waals surface area contributed by atoms with Crippen molar-refractivity contribution < 1.29 is 0 Å². The van der Waals surface area contributed by atoms with Crippen LogP contribution in [0.5, 0.6) is 0 Å². The van der Waals surface area contributed by atoms with Gasteiger partial charge in [-0.15, -0.1) is 0 Å². The molecule has 0 bridgehead atoms. The normalized spacial score (nSPS) is 24.0. The lowest BCUT2D eigenvalue weighted by molar-refractivity contribution is 0.164. The molecule has 1 heterocycles. The molecule has 0 radical (unpaired) electrons. The molecule has 0 saturated carbocycles. The molecule has 2 heteroatoms. The minimum Gasteiger partial charge on any atom is -0.298 e. The van der Waals surface area contributed by atoms with Crippen LogP contribution in [0.15, 0.2) is 0 Å². The molecule has 1 aliphatic heterocycles. The largest absolute Gasteiger partial charge is 0.298 e. The summed E-state index contributed by atoms with van der Waals surface area (Å²) >= 11 is 3.51. The second-order valence-electron chi connectivity index (χ2n) is 5.27. The van der Waals surface area contributed by atoms with Gasteiger partial charge < -0.3 is 0 Å². The van der Waals surface area contributed by atoms with Crippen molar-refractivity contribution in [3.05, 3.63) is 0 Å². The van der Waals surface area contributed by atoms with Gasteiger partial charge in [-0.25, -0.2) is 0 Å². The standard InChI is InChI=1S/C12H24BrN/c1-11(5-8-13)6-10-14-9-4-7-12(14,2)3/h11H,4-10H2,1-3H3. The molecular formula is C12H24BrN. The summed E-state index contributed by atoms with van der Waals surface area (Å²) in [5.41, 5.74) is 0.466. The molecule has 0 N–H and O–H groups in total. The summed E-state index contributed by atoms with van der Waals surface area (Å²) in [6.07, 6.45) is 5.43. The minimum absolute atomic E-state index is 0.466. The molecule has 1 aliphatic rings. The van der Waals surface area contributed by atoms with Crippen molar-refractivity contribution in [3.8, 4) is 0 Å². The van der Waals surface area contributed by atoms with Crippen LogP contribution in [0.2, 0.25) is 0 Å². The highest BCUT2D eigenvalue weighted by molar-refractivity contribution is 9.09. The first kappa shape index (κ1) is 12.5. The first-order chi connectivity index (χ1) is 6.56. The van der Waals surface area contributed by atoms with Crippen molar-refractivity contribution >= 4 is 15.9 Å². The summed E-state index contributed by atoms with van der Waals surface area (Å²) in [4.78, 5) is 2.66. The molecule has 0 amide bonds. The lowest BCUT2D eigenvalue weighted by Crippen LogP contribution is -2.39. The fraction of sp³-hybridized carbons (Fsp3) is 1.00. The van der Waals surface area contributed by atoms with Crippen molar-refractivity contribution in [1.29, 1.82) is 0 Å². The number of likely N-dealkylation sites (tertiary alicyclic amines) is 1. The smallest absolute Gasteiger partial charge is 0.0153 e. The van der Waals surface area contributed by atoms with Crippen molar-refractivity contribution in [2.45, 2.75) is 52.0 Å². The van der Waals surface area contributed by atoms with Crippen LogP contribution in [-0.4, -0.2) is 28.9 Å². The number of hydrogen-bond acceptors (Lipinski definition) is 1. The number of nitrogens with zero attached hydrogens (tertiary/aromatic N) is 1. The van der Waals surface area contributed by atoms with Gasteiger partial charge in [0.25, 0.3) is 0 Å². The van der Waals surface area contributed by atoms with E-state index in [0.717, 1.165) is 11.2 Å². The van der Waals surface area contributed by atoms with E-state index in [4.69, 9.17) is 0 Å². The molecule has 84 valence electrons. The second-order valence-corrected chi connectivity index (χ2v) is 6.07. The predicted molar refractivity (Wildman–Crippen MR) is 67.1 cm³/mol. The van der Waals surface area contributed by atoms with Crippen LogP contribution in [0.4, 0.5) is 0 Å². The Morgan fingerprint density at radius 1 is 1.36 bits per heavy atom. The predicted octanol–water partition coefficient (Wildman–Crippen LogP) is 3.67. The fourth-order valence-electron chi connectivity index (χ4n) is 2.28. The molecule has 0 aromatic carbocycles. The lowest BCUT2D eigenvalue weighted by atomic mass is 10.00. The van der Waals surface area contributed by atoms with E-state index in [9.17, 15) is 0 Å². The molecule has 14 heavy (non-hydrogen) atoms. The van der Waals surface area contributed by atoms with Crippen LogP contribution in [0, 0.1) is 5.92 Å². The van der Waals surface area contributed by atoms with Crippen LogP contribution in [0.3, 0.4) is 0 Å². The number of alkyl halides is 1. The van der Waals surface area contributed by atoms with E-state index in [1.807, 2.05) is 0 Å². The van der Waals surface area contributed by atoms with Gasteiger partial charge in [-0.05, 0) is 58.5 Å². The third-order valence-corrected chi connectivity index (χ3v) is 4.02. The average Bonchev–Trinajstić information content (AvgIpc) is 2.42. The first-order valence-corrected chi connectivity index (χ1v) is 6.99. The maximum absolute atomic E-state index is 3.51. The Balaban J connectivity index is 2.24. The molecule has 1 nitrogen and oxygen atoms in total. The van der Waals surface area contributed by atoms with E-state index < -0.39 is 0 Å². The SMILES string of the molecule is CC(CCBr)CCN1CCCC1(C)C. The molecule has 1 fully saturated rings. The van der Waals surface area contributed by atoms with Crippen LogP contribution >= 0.6 is 15.9 Å². The van der Waals surface area contributed by atoms with Gasteiger partial charge >= 0.3 is 0 Å². The lowest BCUT2D eigenvalue weighted by Gasteiger charge is -2.32. The molecule has 1 unspecified atom stereocenters. The maximum atomic E-state index is 3.51. The van der Waals surface area contributed by atoms with Crippen molar-refractivity contribution in [1.82, 2.24) is 4.90 Å². The van der Waals surface area contributed by atoms with E-state index in [1.54, 1.807) is 0 Å². The molecule has 1 atom stereocenters. The van der Waals surface area contributed by atoms with Gasteiger partial charge in [0.15, 0.2) is 0 Å². The highest BCUT2D eigenvalue weighted by atomic mass is 79.9. The third-order valence-electron chi connectivity index (χ3n) is 3.57. The summed E-state index contributed by atoms with van der Waals surface area (Å²) in [7, 11) is 0. The van der Waals surface area contributed by atoms with Gasteiger partial charge in [-0.3, -0.25) is 4.90 Å². The zero-order chi connectivity index (χ0) is 10.6. The van der Waals surface area contributed by atoms with Crippen LogP contribution < -0.4 is 0 Å². The quantitative estimate of drug-likeness (QED) is 0.683. The zero-order valence-corrected chi connectivity index (χ0v) is 11.4. The van der Waals surface area contributed by atoms with Gasteiger partial charge in [0.2, 0.25) is 0 Å². The van der Waals surface area contributed by atoms with E-state index in [-0.39, 0.29) is 0 Å². The molecule has 1 saturated heterocycles. The van der Waals surface area contributed by atoms with Crippen molar-refractivity contribution in [2.75, 3.05) is 18.4 Å². The van der Waals surface area contributed by atoms with E-state index >= 15 is 0 Å². The summed E-state index contributed by atoms with van der Waals surface area (Å²) in [5, 5.41) is 1.15. The van der Waals surface area contributed by atoms with Crippen molar-refractivity contribution in [2.24, 2.45) is 5.92 Å². The van der Waals surface area contributed by atoms with Crippen LogP contribution in [-0.2, 0) is 0 Å². The topological polar surface area (TPSA) is 3.24 Å². The number of rotatable bonds is 5. The minimum atomic E-state index is 0.466. The average molecular weight is 262 g/mol. The van der Waals surface area contributed by atoms with E-state index in [2.05, 4.69) is 41.6 Å². The van der Waals surface area contributed by atoms with E-state index in [0.29, 0.717) is 5.54 Å². The van der Waals surface area contributed by atoms with Gasteiger partial charge in [0, 0.05) is 10.9 Å². The fourth-order valence-corrected chi connectivity index (χ4v) is 3.07. The van der Waals surface area contributed by atoms with Crippen LogP contribution in [0.25, 0.3) is 0 Å². The molecule has 0 aromatic heterocycles. The third kappa shape index (κ3) is 3.54. The first-order valence-electron chi connectivity index (χ1n) is 5.87. The molecule has 1 rings (SSSR count). The van der Waals surface area contributed by atoms with Gasteiger partial charge in [-0.1, -0.05) is 22.9 Å². The monoisotopic (exact) mass is 261 g/mol. The van der Waals surface area contributed by atoms with Gasteiger partial charge in [0.05, 0.1) is 0 Å². The molecule has 0 aliphatic carbocycles. The summed E-state index contributed by atoms with van der Waals surface area (Å²) in [6.45, 7) is 9.74. The molecule has 0 spiro atoms. The summed E-state index contributed by atoms with van der Waals surface area (Å²) < 4.78 is 0. The zero-order valence-electron chi connectivity index (χ0n) is 9.85. The highest BCUT2D eigenvalue weighted by Gasteiger charge is 2.31. The number of hydrogen-bond donors (Lipinski definition) is 0. The Kier molecular flexibility index (Phi) is 4.92. The Hall–Kier alpha value is 0.440. The second kappa shape index (κ2) is 5.50. The molecule has 0 aromatic rings. The Labute approximate surface area is 97.4 Å². The maximum Gasteiger partial charge on any atom is 0.0153 e. The summed E-state index contributed by atoms with van der Waals surface area (Å²) in [5.74, 6) is 0.866. The van der Waals surface area contributed by atoms with E-state index in [1.165, 1.54) is 38.8 Å².